The molecule has 0 radical (unpaired) electrons. The van der Waals surface area contributed by atoms with Crippen LogP contribution in [0.4, 0.5) is 0 Å². The summed E-state index contributed by atoms with van der Waals surface area (Å²) in [6.07, 6.45) is 1.14. The van der Waals surface area contributed by atoms with Gasteiger partial charge in [-0.3, -0.25) is 4.90 Å². The van der Waals surface area contributed by atoms with E-state index in [1.807, 2.05) is 12.1 Å². The molecule has 0 amide bonds. The third-order valence-electron chi connectivity index (χ3n) is 5.01. The van der Waals surface area contributed by atoms with Gasteiger partial charge in [0.1, 0.15) is 0 Å². The van der Waals surface area contributed by atoms with Crippen LogP contribution in [-0.2, 0) is 6.54 Å². The van der Waals surface area contributed by atoms with Gasteiger partial charge in [-0.25, -0.2) is 0 Å². The van der Waals surface area contributed by atoms with Gasteiger partial charge in [-0.2, -0.15) is 0 Å². The van der Waals surface area contributed by atoms with Gasteiger partial charge in [0.05, 0.1) is 28.4 Å². The van der Waals surface area contributed by atoms with Crippen molar-refractivity contribution in [2.24, 2.45) is 0 Å². The molecule has 3 rings (SSSR count). The van der Waals surface area contributed by atoms with Gasteiger partial charge in [-0.05, 0) is 54.3 Å². The molecule has 1 atom stereocenters. The first-order valence-corrected chi connectivity index (χ1v) is 8.83. The fourth-order valence-corrected chi connectivity index (χ4v) is 3.59. The van der Waals surface area contributed by atoms with Crippen molar-refractivity contribution in [3.8, 4) is 23.0 Å². The first-order valence-electron chi connectivity index (χ1n) is 8.83. The molecule has 1 unspecified atom stereocenters. The van der Waals surface area contributed by atoms with Crippen molar-refractivity contribution in [1.29, 1.82) is 0 Å². The van der Waals surface area contributed by atoms with Crippen LogP contribution in [0.15, 0.2) is 36.4 Å². The van der Waals surface area contributed by atoms with Crippen molar-refractivity contribution in [3.63, 3.8) is 0 Å². The van der Waals surface area contributed by atoms with Gasteiger partial charge < -0.3 is 18.9 Å². The summed E-state index contributed by atoms with van der Waals surface area (Å²) in [7, 11) is 6.67. The number of likely N-dealkylation sites (tertiary alicyclic amines) is 1. The maximum absolute atomic E-state index is 5.44. The molecule has 0 aliphatic carbocycles. The quantitative estimate of drug-likeness (QED) is 0.755. The van der Waals surface area contributed by atoms with Crippen LogP contribution < -0.4 is 18.9 Å². The van der Waals surface area contributed by atoms with Crippen LogP contribution in [0.5, 0.6) is 23.0 Å². The van der Waals surface area contributed by atoms with Crippen molar-refractivity contribution < 1.29 is 18.9 Å². The summed E-state index contributed by atoms with van der Waals surface area (Å²) in [5.74, 6) is 3.62. The molecule has 0 aromatic heterocycles. The number of hydrogen-bond donors (Lipinski definition) is 0. The topological polar surface area (TPSA) is 40.2 Å². The number of nitrogens with zero attached hydrogens (tertiary/aromatic N) is 1. The molecule has 0 bridgehead atoms. The number of rotatable bonds is 7. The van der Waals surface area contributed by atoms with Crippen molar-refractivity contribution >= 4 is 0 Å². The first kappa shape index (κ1) is 18.4. The summed E-state index contributed by atoms with van der Waals surface area (Å²) < 4.78 is 21.5. The van der Waals surface area contributed by atoms with E-state index in [0.29, 0.717) is 5.92 Å². The summed E-state index contributed by atoms with van der Waals surface area (Å²) in [6, 6.07) is 12.4. The van der Waals surface area contributed by atoms with Gasteiger partial charge >= 0.3 is 0 Å². The lowest BCUT2D eigenvalue weighted by molar-refractivity contribution is 0.323. The molecular formula is C21H27NO4. The predicted octanol–water partition coefficient (Wildman–Crippen LogP) is 3.71. The van der Waals surface area contributed by atoms with E-state index < -0.39 is 0 Å². The Morgan fingerprint density at radius 2 is 1.42 bits per heavy atom. The Balaban J connectivity index is 1.67. The Bertz CT molecular complexity index is 747. The van der Waals surface area contributed by atoms with E-state index in [0.717, 1.165) is 49.1 Å². The predicted molar refractivity (Wildman–Crippen MR) is 102 cm³/mol. The average molecular weight is 357 g/mol. The van der Waals surface area contributed by atoms with E-state index in [-0.39, 0.29) is 0 Å². The van der Waals surface area contributed by atoms with Gasteiger partial charge in [0.25, 0.3) is 0 Å². The number of methoxy groups -OCH3 is 4. The van der Waals surface area contributed by atoms with Crippen LogP contribution in [0.25, 0.3) is 0 Å². The molecule has 1 fully saturated rings. The first-order chi connectivity index (χ1) is 12.7. The maximum Gasteiger partial charge on any atom is 0.161 e. The molecule has 1 aliphatic rings. The minimum Gasteiger partial charge on any atom is -0.493 e. The number of ether oxygens (including phenoxy) is 4. The van der Waals surface area contributed by atoms with Crippen LogP contribution in [0.1, 0.15) is 23.5 Å². The fraction of sp³-hybridized carbons (Fsp3) is 0.429. The smallest absolute Gasteiger partial charge is 0.161 e. The fourth-order valence-electron chi connectivity index (χ4n) is 3.59. The molecule has 5 nitrogen and oxygen atoms in total. The van der Waals surface area contributed by atoms with E-state index in [2.05, 4.69) is 29.2 Å². The molecule has 5 heteroatoms. The monoisotopic (exact) mass is 357 g/mol. The minimum absolute atomic E-state index is 0.509. The summed E-state index contributed by atoms with van der Waals surface area (Å²) >= 11 is 0. The Labute approximate surface area is 155 Å². The lowest BCUT2D eigenvalue weighted by atomic mass is 9.98. The second-order valence-electron chi connectivity index (χ2n) is 6.52. The van der Waals surface area contributed by atoms with E-state index in [4.69, 9.17) is 18.9 Å². The molecule has 1 saturated heterocycles. The van der Waals surface area contributed by atoms with Crippen LogP contribution in [0, 0.1) is 0 Å². The Kier molecular flexibility index (Phi) is 5.89. The Hall–Kier alpha value is -2.40. The van der Waals surface area contributed by atoms with E-state index >= 15 is 0 Å². The van der Waals surface area contributed by atoms with Crippen LogP contribution >= 0.6 is 0 Å². The largest absolute Gasteiger partial charge is 0.493 e. The molecule has 2 aromatic rings. The highest BCUT2D eigenvalue weighted by atomic mass is 16.5. The summed E-state index contributed by atoms with van der Waals surface area (Å²) in [4.78, 5) is 2.47. The third-order valence-corrected chi connectivity index (χ3v) is 5.01. The molecule has 0 spiro atoms. The molecule has 1 heterocycles. The Morgan fingerprint density at radius 3 is 2.08 bits per heavy atom. The van der Waals surface area contributed by atoms with Crippen molar-refractivity contribution in [2.45, 2.75) is 18.9 Å². The highest BCUT2D eigenvalue weighted by molar-refractivity contribution is 5.44. The number of benzene rings is 2. The van der Waals surface area contributed by atoms with Gasteiger partial charge in [-0.15, -0.1) is 0 Å². The van der Waals surface area contributed by atoms with Gasteiger partial charge in [0.15, 0.2) is 23.0 Å². The SMILES string of the molecule is COc1ccc(CN2CCC(c3ccc(OC)c(OC)c3)C2)cc1OC. The standard InChI is InChI=1S/C21H27NO4/c1-23-18-7-5-15(11-20(18)25-3)13-22-10-9-17(14-22)16-6-8-19(24-2)21(12-16)26-4/h5-8,11-12,17H,9-10,13-14H2,1-4H3. The molecule has 0 saturated carbocycles. The molecular weight excluding hydrogens is 330 g/mol. The zero-order chi connectivity index (χ0) is 18.5. The second kappa shape index (κ2) is 8.32. The lowest BCUT2D eigenvalue weighted by Crippen LogP contribution is -2.19. The van der Waals surface area contributed by atoms with E-state index in [1.165, 1.54) is 11.1 Å². The van der Waals surface area contributed by atoms with Crippen LogP contribution in [-0.4, -0.2) is 46.4 Å². The van der Waals surface area contributed by atoms with Crippen molar-refractivity contribution in [2.75, 3.05) is 41.5 Å². The van der Waals surface area contributed by atoms with Crippen LogP contribution in [0.3, 0.4) is 0 Å². The van der Waals surface area contributed by atoms with Gasteiger partial charge in [-0.1, -0.05) is 12.1 Å². The van der Waals surface area contributed by atoms with Gasteiger partial charge in [0.2, 0.25) is 0 Å². The molecule has 140 valence electrons. The normalized spacial score (nSPS) is 17.2. The highest BCUT2D eigenvalue weighted by Gasteiger charge is 2.25. The molecule has 1 aliphatic heterocycles. The maximum atomic E-state index is 5.44. The Morgan fingerprint density at radius 1 is 0.808 bits per heavy atom. The lowest BCUT2D eigenvalue weighted by Gasteiger charge is -2.18. The molecule has 0 N–H and O–H groups in total. The van der Waals surface area contributed by atoms with E-state index in [9.17, 15) is 0 Å². The minimum atomic E-state index is 0.509. The van der Waals surface area contributed by atoms with Crippen molar-refractivity contribution in [3.05, 3.63) is 47.5 Å². The zero-order valence-corrected chi connectivity index (χ0v) is 16.0. The summed E-state index contributed by atoms with van der Waals surface area (Å²) in [6.45, 7) is 3.02. The van der Waals surface area contributed by atoms with Crippen LogP contribution in [0.2, 0.25) is 0 Å². The zero-order valence-electron chi connectivity index (χ0n) is 16.0. The molecule has 2 aromatic carbocycles. The van der Waals surface area contributed by atoms with E-state index in [1.54, 1.807) is 28.4 Å². The highest BCUT2D eigenvalue weighted by Crippen LogP contribution is 2.35. The average Bonchev–Trinajstić information content (AvgIpc) is 3.15. The number of hydrogen-bond acceptors (Lipinski definition) is 5. The van der Waals surface area contributed by atoms with Crippen molar-refractivity contribution in [1.82, 2.24) is 4.90 Å². The second-order valence-corrected chi connectivity index (χ2v) is 6.52. The molecule has 26 heavy (non-hydrogen) atoms. The van der Waals surface area contributed by atoms with Gasteiger partial charge in [0, 0.05) is 13.1 Å². The third kappa shape index (κ3) is 3.88. The summed E-state index contributed by atoms with van der Waals surface area (Å²) in [5, 5.41) is 0. The summed E-state index contributed by atoms with van der Waals surface area (Å²) in [5.41, 5.74) is 2.54.